The summed E-state index contributed by atoms with van der Waals surface area (Å²) in [6, 6.07) is 11.6. The number of carbonyl (C=O) groups excluding carboxylic acids is 1. The van der Waals surface area contributed by atoms with E-state index in [9.17, 15) is 9.59 Å². The first-order chi connectivity index (χ1) is 12.0. The molecular weight excluding hydrogens is 363 g/mol. The zero-order chi connectivity index (χ0) is 18.0. The van der Waals surface area contributed by atoms with Crippen LogP contribution in [-0.4, -0.2) is 15.5 Å². The van der Waals surface area contributed by atoms with Crippen LogP contribution >= 0.6 is 23.2 Å². The smallest absolute Gasteiger partial charge is 0.269 e. The largest absolute Gasteiger partial charge is 0.277 e. The number of anilines is 1. The predicted molar refractivity (Wildman–Crippen MR) is 99.2 cm³/mol. The van der Waals surface area contributed by atoms with Crippen molar-refractivity contribution in [3.63, 3.8) is 0 Å². The van der Waals surface area contributed by atoms with E-state index in [-0.39, 0.29) is 16.5 Å². The summed E-state index contributed by atoms with van der Waals surface area (Å²) in [6.45, 7) is 2.23. The standard InChI is InChI=1S/C17H14Cl2N4O2/c1-2-23-16(25)11-5-3-4-6-14(11)20-17(23)22-21-15(24)10-7-8-12(18)13(19)9-10/h3-9H,2H2,1H3,(H,20,22)(H,21,24). The van der Waals surface area contributed by atoms with Crippen LogP contribution in [0.4, 0.5) is 5.95 Å². The molecule has 2 aromatic carbocycles. The van der Waals surface area contributed by atoms with E-state index < -0.39 is 5.91 Å². The SMILES string of the molecule is CCn1c(NNC(=O)c2ccc(Cl)c(Cl)c2)nc2ccccc2c1=O. The molecule has 0 atom stereocenters. The van der Waals surface area contributed by atoms with Crippen molar-refractivity contribution in [3.8, 4) is 0 Å². The molecule has 3 aromatic rings. The van der Waals surface area contributed by atoms with Gasteiger partial charge in [0, 0.05) is 12.1 Å². The minimum absolute atomic E-state index is 0.181. The van der Waals surface area contributed by atoms with E-state index in [4.69, 9.17) is 23.2 Å². The lowest BCUT2D eigenvalue weighted by atomic mass is 10.2. The monoisotopic (exact) mass is 376 g/mol. The molecule has 0 saturated heterocycles. The van der Waals surface area contributed by atoms with Crippen molar-refractivity contribution >= 4 is 46.0 Å². The maximum Gasteiger partial charge on any atom is 0.269 e. The minimum Gasteiger partial charge on any atom is -0.277 e. The van der Waals surface area contributed by atoms with E-state index >= 15 is 0 Å². The van der Waals surface area contributed by atoms with Crippen molar-refractivity contribution in [2.45, 2.75) is 13.5 Å². The van der Waals surface area contributed by atoms with E-state index in [1.807, 2.05) is 6.92 Å². The summed E-state index contributed by atoms with van der Waals surface area (Å²) in [6.07, 6.45) is 0. The number of rotatable bonds is 4. The molecule has 0 radical (unpaired) electrons. The Kier molecular flexibility index (Phi) is 4.92. The Labute approximate surface area is 153 Å². The number of para-hydroxylation sites is 1. The van der Waals surface area contributed by atoms with Crippen LogP contribution in [0.2, 0.25) is 10.0 Å². The summed E-state index contributed by atoms with van der Waals surface area (Å²) in [4.78, 5) is 29.1. The fraction of sp³-hybridized carbons (Fsp3) is 0.118. The third kappa shape index (κ3) is 3.45. The first kappa shape index (κ1) is 17.3. The summed E-state index contributed by atoms with van der Waals surface area (Å²) in [5.41, 5.74) is 5.91. The summed E-state index contributed by atoms with van der Waals surface area (Å²) in [7, 11) is 0. The highest BCUT2D eigenvalue weighted by molar-refractivity contribution is 6.42. The van der Waals surface area contributed by atoms with E-state index in [2.05, 4.69) is 15.8 Å². The number of carbonyl (C=O) groups is 1. The van der Waals surface area contributed by atoms with Gasteiger partial charge in [-0.2, -0.15) is 0 Å². The fourth-order valence-corrected chi connectivity index (χ4v) is 2.68. The zero-order valence-electron chi connectivity index (χ0n) is 13.2. The van der Waals surface area contributed by atoms with Gasteiger partial charge in [-0.3, -0.25) is 25.0 Å². The first-order valence-electron chi connectivity index (χ1n) is 7.52. The molecule has 0 saturated carbocycles. The van der Waals surface area contributed by atoms with Crippen LogP contribution in [0.5, 0.6) is 0 Å². The number of amides is 1. The van der Waals surface area contributed by atoms with Crippen molar-refractivity contribution in [3.05, 3.63) is 68.4 Å². The zero-order valence-corrected chi connectivity index (χ0v) is 14.7. The van der Waals surface area contributed by atoms with Crippen LogP contribution in [0.1, 0.15) is 17.3 Å². The predicted octanol–water partition coefficient (Wildman–Crippen LogP) is 3.48. The van der Waals surface area contributed by atoms with Gasteiger partial charge >= 0.3 is 0 Å². The van der Waals surface area contributed by atoms with Crippen molar-refractivity contribution in [2.24, 2.45) is 0 Å². The molecule has 3 rings (SSSR count). The van der Waals surface area contributed by atoms with Crippen LogP contribution in [-0.2, 0) is 6.54 Å². The highest BCUT2D eigenvalue weighted by Crippen LogP contribution is 2.22. The molecule has 128 valence electrons. The Balaban J connectivity index is 1.88. The van der Waals surface area contributed by atoms with Crippen molar-refractivity contribution in [1.29, 1.82) is 0 Å². The van der Waals surface area contributed by atoms with E-state index in [1.54, 1.807) is 30.3 Å². The molecule has 8 heteroatoms. The average Bonchev–Trinajstić information content (AvgIpc) is 2.62. The highest BCUT2D eigenvalue weighted by atomic mass is 35.5. The third-order valence-corrected chi connectivity index (χ3v) is 4.39. The quantitative estimate of drug-likeness (QED) is 0.683. The molecule has 2 N–H and O–H groups in total. The van der Waals surface area contributed by atoms with Crippen LogP contribution < -0.4 is 16.4 Å². The Morgan fingerprint density at radius 2 is 1.92 bits per heavy atom. The van der Waals surface area contributed by atoms with Crippen molar-refractivity contribution < 1.29 is 4.79 Å². The summed E-state index contributed by atoms with van der Waals surface area (Å²) in [5, 5.41) is 1.16. The summed E-state index contributed by atoms with van der Waals surface area (Å²) < 4.78 is 1.44. The fourth-order valence-electron chi connectivity index (χ4n) is 2.38. The second kappa shape index (κ2) is 7.13. The minimum atomic E-state index is -0.427. The molecule has 0 bridgehead atoms. The second-order valence-electron chi connectivity index (χ2n) is 5.21. The average molecular weight is 377 g/mol. The van der Waals surface area contributed by atoms with Gasteiger partial charge in [0.1, 0.15) is 0 Å². The summed E-state index contributed by atoms with van der Waals surface area (Å²) in [5.74, 6) is -0.178. The van der Waals surface area contributed by atoms with Gasteiger partial charge in [-0.05, 0) is 37.3 Å². The van der Waals surface area contributed by atoms with Gasteiger partial charge in [0.25, 0.3) is 11.5 Å². The second-order valence-corrected chi connectivity index (χ2v) is 6.02. The Morgan fingerprint density at radius 3 is 2.64 bits per heavy atom. The first-order valence-corrected chi connectivity index (χ1v) is 8.28. The Morgan fingerprint density at radius 1 is 1.16 bits per heavy atom. The molecule has 0 spiro atoms. The maximum atomic E-state index is 12.5. The third-order valence-electron chi connectivity index (χ3n) is 3.65. The van der Waals surface area contributed by atoms with Crippen molar-refractivity contribution in [1.82, 2.24) is 15.0 Å². The lowest BCUT2D eigenvalue weighted by Crippen LogP contribution is -2.34. The Hall–Kier alpha value is -2.57. The number of hydrazine groups is 1. The van der Waals surface area contributed by atoms with E-state index in [0.29, 0.717) is 28.0 Å². The molecule has 1 heterocycles. The number of halogens is 2. The molecule has 25 heavy (non-hydrogen) atoms. The van der Waals surface area contributed by atoms with Gasteiger partial charge < -0.3 is 0 Å². The van der Waals surface area contributed by atoms with Gasteiger partial charge in [-0.25, -0.2) is 4.98 Å². The molecule has 6 nitrogen and oxygen atoms in total. The Bertz CT molecular complexity index is 1020. The summed E-state index contributed by atoms with van der Waals surface area (Å²) >= 11 is 11.8. The van der Waals surface area contributed by atoms with Gasteiger partial charge in [-0.15, -0.1) is 0 Å². The van der Waals surface area contributed by atoms with Gasteiger partial charge in [-0.1, -0.05) is 35.3 Å². The number of hydrogen-bond donors (Lipinski definition) is 2. The van der Waals surface area contributed by atoms with Crippen LogP contribution in [0.25, 0.3) is 10.9 Å². The molecule has 0 unspecified atom stereocenters. The van der Waals surface area contributed by atoms with Gasteiger partial charge in [0.15, 0.2) is 0 Å². The van der Waals surface area contributed by atoms with Crippen LogP contribution in [0.15, 0.2) is 47.3 Å². The molecule has 1 aromatic heterocycles. The van der Waals surface area contributed by atoms with Crippen molar-refractivity contribution in [2.75, 3.05) is 5.43 Å². The van der Waals surface area contributed by atoms with Gasteiger partial charge in [0.2, 0.25) is 5.95 Å². The van der Waals surface area contributed by atoms with Crippen LogP contribution in [0.3, 0.4) is 0 Å². The van der Waals surface area contributed by atoms with Crippen LogP contribution in [0, 0.1) is 0 Å². The van der Waals surface area contributed by atoms with Gasteiger partial charge in [0.05, 0.1) is 20.9 Å². The normalized spacial score (nSPS) is 10.7. The highest BCUT2D eigenvalue weighted by Gasteiger charge is 2.12. The molecule has 0 aliphatic rings. The lowest BCUT2D eigenvalue weighted by Gasteiger charge is -2.14. The topological polar surface area (TPSA) is 76.0 Å². The number of hydrogen-bond acceptors (Lipinski definition) is 4. The number of benzene rings is 2. The molecule has 1 amide bonds. The lowest BCUT2D eigenvalue weighted by molar-refractivity contribution is 0.0962. The van der Waals surface area contributed by atoms with E-state index in [0.717, 1.165) is 0 Å². The number of fused-ring (bicyclic) bond motifs is 1. The number of nitrogens with one attached hydrogen (secondary N) is 2. The molecule has 0 fully saturated rings. The molecule has 0 aliphatic heterocycles. The van der Waals surface area contributed by atoms with E-state index in [1.165, 1.54) is 16.7 Å². The molecular formula is C17H14Cl2N4O2. The molecule has 0 aliphatic carbocycles. The number of aromatic nitrogens is 2. The number of nitrogens with zero attached hydrogens (tertiary/aromatic N) is 2. The maximum absolute atomic E-state index is 12.5.